The minimum Gasteiger partial charge on any atom is -0.490 e. The van der Waals surface area contributed by atoms with Gasteiger partial charge >= 0.3 is 0 Å². The van der Waals surface area contributed by atoms with Crippen LogP contribution < -0.4 is 15.9 Å². The summed E-state index contributed by atoms with van der Waals surface area (Å²) < 4.78 is 7.54. The fourth-order valence-electron chi connectivity index (χ4n) is 6.87. The molecule has 0 saturated heterocycles. The fraction of sp³-hybridized carbons (Fsp3) is 0.200. The predicted molar refractivity (Wildman–Crippen MR) is 167 cm³/mol. The lowest BCUT2D eigenvalue weighted by Crippen LogP contribution is -2.23. The number of rotatable bonds is 7. The van der Waals surface area contributed by atoms with E-state index in [2.05, 4.69) is 13.8 Å². The van der Waals surface area contributed by atoms with E-state index in [9.17, 15) is 9.59 Å². The van der Waals surface area contributed by atoms with Crippen molar-refractivity contribution in [2.45, 2.75) is 45.6 Å². The summed E-state index contributed by atoms with van der Waals surface area (Å²) in [4.78, 5) is 37.8. The van der Waals surface area contributed by atoms with Gasteiger partial charge in [-0.1, -0.05) is 51.0 Å². The zero-order chi connectivity index (χ0) is 27.8. The molecule has 0 aliphatic carbocycles. The monoisotopic (exact) mass is 537 g/mol. The van der Waals surface area contributed by atoms with Crippen LogP contribution in [0.4, 0.5) is 0 Å². The molecule has 0 unspecified atom stereocenters. The topological polar surface area (TPSA) is 74.1 Å². The average Bonchev–Trinajstić information content (AvgIpc) is 3.26. The second-order valence-electron chi connectivity index (χ2n) is 11.0. The summed E-state index contributed by atoms with van der Waals surface area (Å²) >= 11 is 0. The summed E-state index contributed by atoms with van der Waals surface area (Å²) in [5.41, 5.74) is 1.54. The number of benzene rings is 5. The van der Waals surface area contributed by atoms with Crippen molar-refractivity contribution in [3.63, 3.8) is 0 Å². The Kier molecular flexibility index (Phi) is 5.17. The molecule has 0 saturated carbocycles. The van der Waals surface area contributed by atoms with Gasteiger partial charge in [0.15, 0.2) is 0 Å². The van der Waals surface area contributed by atoms with E-state index < -0.39 is 0 Å². The fourth-order valence-corrected chi connectivity index (χ4v) is 6.87. The third-order valence-corrected chi connectivity index (χ3v) is 8.58. The van der Waals surface area contributed by atoms with Crippen molar-refractivity contribution in [2.75, 3.05) is 0 Å². The molecule has 200 valence electrons. The van der Waals surface area contributed by atoms with Gasteiger partial charge in [0.2, 0.25) is 0 Å². The molecule has 0 fully saturated rings. The number of aromatic nitrogens is 3. The van der Waals surface area contributed by atoms with E-state index >= 15 is 0 Å². The maximum absolute atomic E-state index is 14.2. The van der Waals surface area contributed by atoms with Gasteiger partial charge in [0, 0.05) is 33.9 Å². The first-order valence-corrected chi connectivity index (χ1v) is 14.3. The Morgan fingerprint density at radius 2 is 1.15 bits per heavy atom. The Morgan fingerprint density at radius 3 is 1.63 bits per heavy atom. The summed E-state index contributed by atoms with van der Waals surface area (Å²) in [6.45, 7) is 4.32. The molecule has 8 aromatic rings. The highest BCUT2D eigenvalue weighted by Crippen LogP contribution is 2.45. The van der Waals surface area contributed by atoms with Gasteiger partial charge in [-0.3, -0.25) is 19.6 Å². The maximum Gasteiger partial charge on any atom is 0.266 e. The Hall–Kier alpha value is -4.84. The van der Waals surface area contributed by atoms with E-state index in [1.54, 1.807) is 12.4 Å². The van der Waals surface area contributed by atoms with Gasteiger partial charge in [-0.25, -0.2) is 4.57 Å². The minimum atomic E-state index is -0.308. The van der Waals surface area contributed by atoms with E-state index in [0.29, 0.717) is 16.5 Å². The number of nitrogens with zero attached hydrogens (tertiary/aromatic N) is 3. The third kappa shape index (κ3) is 3.24. The van der Waals surface area contributed by atoms with Crippen LogP contribution in [0, 0.1) is 0 Å². The largest absolute Gasteiger partial charge is 0.490 e. The van der Waals surface area contributed by atoms with Gasteiger partial charge in [-0.2, -0.15) is 0 Å². The van der Waals surface area contributed by atoms with Crippen LogP contribution in [0.15, 0.2) is 82.6 Å². The first kappa shape index (κ1) is 24.0. The molecular formula is C35H27N3O3. The van der Waals surface area contributed by atoms with Crippen molar-refractivity contribution in [3.8, 4) is 11.4 Å². The number of ether oxygens (including phenoxy) is 1. The van der Waals surface area contributed by atoms with Crippen molar-refractivity contribution in [3.05, 3.63) is 93.8 Å². The highest BCUT2D eigenvalue weighted by molar-refractivity contribution is 6.43. The van der Waals surface area contributed by atoms with E-state index in [0.717, 1.165) is 85.6 Å². The maximum atomic E-state index is 14.2. The molecule has 0 atom stereocenters. The van der Waals surface area contributed by atoms with Gasteiger partial charge in [-0.05, 0) is 70.8 Å². The molecule has 0 N–H and O–H groups in total. The normalized spacial score (nSPS) is 12.5. The average molecular weight is 538 g/mol. The molecule has 6 nitrogen and oxygen atoms in total. The number of fused-ring (bicyclic) bond motifs is 4. The van der Waals surface area contributed by atoms with E-state index in [-0.39, 0.29) is 17.2 Å². The number of pyridine rings is 2. The van der Waals surface area contributed by atoms with Gasteiger partial charge in [0.1, 0.15) is 5.75 Å². The van der Waals surface area contributed by atoms with Gasteiger partial charge < -0.3 is 4.74 Å². The first-order chi connectivity index (χ1) is 20.1. The summed E-state index contributed by atoms with van der Waals surface area (Å²) in [5.74, 6) is 0.747. The number of hydrogen-bond donors (Lipinski definition) is 0. The van der Waals surface area contributed by atoms with Crippen LogP contribution in [-0.4, -0.2) is 20.6 Å². The van der Waals surface area contributed by atoms with Crippen LogP contribution in [0.5, 0.6) is 5.75 Å². The van der Waals surface area contributed by atoms with Gasteiger partial charge in [-0.15, -0.1) is 0 Å². The van der Waals surface area contributed by atoms with Crippen molar-refractivity contribution in [1.82, 2.24) is 14.5 Å². The number of hydrogen-bond acceptors (Lipinski definition) is 5. The molecule has 0 aliphatic rings. The quantitative estimate of drug-likeness (QED) is 0.155. The highest BCUT2D eigenvalue weighted by Gasteiger charge is 2.26. The SMILES string of the molecule is CCCC(CCC)Oc1ccc(-n2c(=O)c3c4ccc5ccnc6c7nccc8ccc(c3c2=O)c(c87)c4c56)cc1. The van der Waals surface area contributed by atoms with Crippen molar-refractivity contribution in [1.29, 1.82) is 0 Å². The third-order valence-electron chi connectivity index (χ3n) is 8.58. The lowest BCUT2D eigenvalue weighted by molar-refractivity contribution is 0.179. The Bertz CT molecular complexity index is 2220. The summed E-state index contributed by atoms with van der Waals surface area (Å²) in [6, 6.07) is 19.3. The minimum absolute atomic E-state index is 0.158. The molecule has 0 aliphatic heterocycles. The Balaban J connectivity index is 1.43. The van der Waals surface area contributed by atoms with E-state index in [4.69, 9.17) is 14.7 Å². The van der Waals surface area contributed by atoms with Gasteiger partial charge in [0.05, 0.1) is 33.6 Å². The zero-order valence-corrected chi connectivity index (χ0v) is 22.9. The van der Waals surface area contributed by atoms with Crippen LogP contribution in [-0.2, 0) is 0 Å². The van der Waals surface area contributed by atoms with Crippen molar-refractivity contribution < 1.29 is 4.74 Å². The Morgan fingerprint density at radius 1 is 0.634 bits per heavy atom. The molecule has 6 heteroatoms. The van der Waals surface area contributed by atoms with E-state index in [1.165, 1.54) is 4.57 Å². The molecule has 0 spiro atoms. The second-order valence-corrected chi connectivity index (χ2v) is 11.0. The highest BCUT2D eigenvalue weighted by atomic mass is 16.5. The van der Waals surface area contributed by atoms with Crippen LogP contribution in [0.25, 0.3) is 70.6 Å². The summed E-state index contributed by atoms with van der Waals surface area (Å²) in [6.07, 6.45) is 7.86. The Labute approximate surface area is 234 Å². The smallest absolute Gasteiger partial charge is 0.266 e. The molecule has 0 radical (unpaired) electrons. The van der Waals surface area contributed by atoms with Crippen LogP contribution in [0.1, 0.15) is 39.5 Å². The molecule has 3 heterocycles. The van der Waals surface area contributed by atoms with Crippen LogP contribution >= 0.6 is 0 Å². The van der Waals surface area contributed by atoms with Gasteiger partial charge in [0.25, 0.3) is 11.1 Å². The standard InChI is InChI=1S/C35H27N3O3/c1-3-5-22(6-4-2)41-23-11-9-21(10-12-23)38-34(39)30-24-13-7-19-15-17-36-32-26(19)28(24)29-25(31(30)35(38)40)14-8-20-16-18-37-33(32)27(20)29/h7-18,22H,3-6H2,1-2H3. The lowest BCUT2D eigenvalue weighted by atomic mass is 9.87. The molecule has 41 heavy (non-hydrogen) atoms. The summed E-state index contributed by atoms with van der Waals surface area (Å²) in [7, 11) is 0. The molecule has 8 rings (SSSR count). The molecule has 5 aromatic carbocycles. The zero-order valence-electron chi connectivity index (χ0n) is 22.9. The summed E-state index contributed by atoms with van der Waals surface area (Å²) in [5, 5.41) is 8.41. The predicted octanol–water partition coefficient (Wildman–Crippen LogP) is 7.57. The molecule has 0 amide bonds. The first-order valence-electron chi connectivity index (χ1n) is 14.3. The van der Waals surface area contributed by atoms with Crippen molar-refractivity contribution in [2.24, 2.45) is 0 Å². The van der Waals surface area contributed by atoms with Crippen LogP contribution in [0.3, 0.4) is 0 Å². The van der Waals surface area contributed by atoms with E-state index in [1.807, 2.05) is 60.7 Å². The molecule has 3 aromatic heterocycles. The van der Waals surface area contributed by atoms with Crippen LogP contribution in [0.2, 0.25) is 0 Å². The molecular weight excluding hydrogens is 510 g/mol. The molecule has 0 bridgehead atoms. The second kappa shape index (κ2) is 8.83. The lowest BCUT2D eigenvalue weighted by Gasteiger charge is -2.18. The van der Waals surface area contributed by atoms with Crippen molar-refractivity contribution >= 4 is 64.9 Å².